The van der Waals surface area contributed by atoms with Crippen LogP contribution in [0.2, 0.25) is 5.02 Å². The number of phenolic OH excluding ortho intramolecular Hbond substituents is 2. The predicted molar refractivity (Wildman–Crippen MR) is 79.8 cm³/mol. The van der Waals surface area contributed by atoms with Crippen molar-refractivity contribution in [2.45, 2.75) is 13.0 Å². The highest BCUT2D eigenvalue weighted by atomic mass is 35.5. The fraction of sp³-hybridized carbons (Fsp3) is 0.200. The van der Waals surface area contributed by atoms with Gasteiger partial charge in [-0.1, -0.05) is 11.6 Å². The van der Waals surface area contributed by atoms with Gasteiger partial charge in [-0.2, -0.15) is 0 Å². The molecule has 5 heteroatoms. The van der Waals surface area contributed by atoms with Gasteiger partial charge in [0.25, 0.3) is 0 Å². The summed E-state index contributed by atoms with van der Waals surface area (Å²) in [5.74, 6) is 0.897. The maximum absolute atomic E-state index is 9.84. The zero-order valence-electron chi connectivity index (χ0n) is 11.2. The molecule has 0 saturated heterocycles. The highest BCUT2D eigenvalue weighted by Crippen LogP contribution is 2.33. The molecular formula is C15H16ClNO3. The Balaban J connectivity index is 2.27. The molecule has 0 aliphatic carbocycles. The first-order chi connectivity index (χ1) is 9.51. The fourth-order valence-corrected chi connectivity index (χ4v) is 2.11. The van der Waals surface area contributed by atoms with Gasteiger partial charge < -0.3 is 20.3 Å². The van der Waals surface area contributed by atoms with Gasteiger partial charge in [0.1, 0.15) is 17.2 Å². The Morgan fingerprint density at radius 1 is 1.15 bits per heavy atom. The number of halogens is 1. The molecule has 0 radical (unpaired) electrons. The molecule has 2 aromatic rings. The summed E-state index contributed by atoms with van der Waals surface area (Å²) in [6, 6.07) is 9.45. The minimum absolute atomic E-state index is 0.100. The predicted octanol–water partition coefficient (Wildman–Crippen LogP) is 3.93. The maximum Gasteiger partial charge on any atom is 0.121 e. The van der Waals surface area contributed by atoms with Gasteiger partial charge >= 0.3 is 0 Å². The molecule has 0 saturated carbocycles. The molecule has 0 heterocycles. The maximum atomic E-state index is 9.84. The van der Waals surface area contributed by atoms with E-state index in [0.717, 1.165) is 0 Å². The topological polar surface area (TPSA) is 61.7 Å². The number of aromatic hydroxyl groups is 2. The molecule has 20 heavy (non-hydrogen) atoms. The third-order valence-corrected chi connectivity index (χ3v) is 3.35. The van der Waals surface area contributed by atoms with E-state index in [1.165, 1.54) is 18.2 Å². The number of rotatable bonds is 4. The van der Waals surface area contributed by atoms with Crippen LogP contribution in [0.3, 0.4) is 0 Å². The third kappa shape index (κ3) is 3.08. The molecule has 1 unspecified atom stereocenters. The fourth-order valence-electron chi connectivity index (χ4n) is 1.94. The van der Waals surface area contributed by atoms with Crippen LogP contribution >= 0.6 is 11.6 Å². The van der Waals surface area contributed by atoms with E-state index in [1.807, 2.05) is 6.92 Å². The molecule has 1 atom stereocenters. The quantitative estimate of drug-likeness (QED) is 0.747. The number of hydrogen-bond donors (Lipinski definition) is 3. The minimum atomic E-state index is -0.230. The summed E-state index contributed by atoms with van der Waals surface area (Å²) in [6.45, 7) is 1.87. The van der Waals surface area contributed by atoms with Gasteiger partial charge in [-0.05, 0) is 37.3 Å². The molecule has 2 aromatic carbocycles. The average molecular weight is 294 g/mol. The lowest BCUT2D eigenvalue weighted by Crippen LogP contribution is -2.07. The number of benzene rings is 2. The summed E-state index contributed by atoms with van der Waals surface area (Å²) in [6.07, 6.45) is 0. The summed E-state index contributed by atoms with van der Waals surface area (Å²) in [4.78, 5) is 0. The van der Waals surface area contributed by atoms with E-state index in [4.69, 9.17) is 16.3 Å². The summed E-state index contributed by atoms with van der Waals surface area (Å²) in [7, 11) is 1.58. The van der Waals surface area contributed by atoms with Crippen LogP contribution in [0.25, 0.3) is 0 Å². The SMILES string of the molecule is COc1ccc(Cl)c(NC(C)c2cc(O)ccc2O)c1. The van der Waals surface area contributed by atoms with E-state index < -0.39 is 0 Å². The Morgan fingerprint density at radius 3 is 2.60 bits per heavy atom. The van der Waals surface area contributed by atoms with E-state index in [9.17, 15) is 10.2 Å². The van der Waals surface area contributed by atoms with Crippen molar-refractivity contribution in [1.82, 2.24) is 0 Å². The summed E-state index contributed by atoms with van der Waals surface area (Å²) < 4.78 is 5.15. The van der Waals surface area contributed by atoms with Crippen molar-refractivity contribution in [3.63, 3.8) is 0 Å². The van der Waals surface area contributed by atoms with Crippen LogP contribution in [0.5, 0.6) is 17.2 Å². The largest absolute Gasteiger partial charge is 0.508 e. The van der Waals surface area contributed by atoms with Gasteiger partial charge in [-0.3, -0.25) is 0 Å². The van der Waals surface area contributed by atoms with E-state index in [-0.39, 0.29) is 17.5 Å². The molecule has 3 N–H and O–H groups in total. The zero-order chi connectivity index (χ0) is 14.7. The molecule has 4 nitrogen and oxygen atoms in total. The minimum Gasteiger partial charge on any atom is -0.508 e. The molecule has 0 amide bonds. The molecule has 0 aromatic heterocycles. The van der Waals surface area contributed by atoms with Crippen LogP contribution in [-0.2, 0) is 0 Å². The second-order valence-corrected chi connectivity index (χ2v) is 4.86. The molecule has 2 rings (SSSR count). The normalized spacial score (nSPS) is 11.9. The van der Waals surface area contributed by atoms with Crippen molar-refractivity contribution >= 4 is 17.3 Å². The standard InChI is InChI=1S/C15H16ClNO3/c1-9(12-7-10(18)3-6-15(12)19)17-14-8-11(20-2)4-5-13(14)16/h3-9,17-19H,1-2H3. The number of anilines is 1. The first-order valence-electron chi connectivity index (χ1n) is 6.13. The lowest BCUT2D eigenvalue weighted by Gasteiger charge is -2.18. The second kappa shape index (κ2) is 5.92. The average Bonchev–Trinajstić information content (AvgIpc) is 2.43. The van der Waals surface area contributed by atoms with E-state index in [2.05, 4.69) is 5.32 Å². The second-order valence-electron chi connectivity index (χ2n) is 4.45. The van der Waals surface area contributed by atoms with Crippen molar-refractivity contribution in [3.05, 3.63) is 47.0 Å². The molecule has 0 spiro atoms. The Bertz CT molecular complexity index is 616. The monoisotopic (exact) mass is 293 g/mol. The van der Waals surface area contributed by atoms with Gasteiger partial charge in [0.15, 0.2) is 0 Å². The number of phenols is 2. The number of ether oxygens (including phenoxy) is 1. The van der Waals surface area contributed by atoms with Crippen LogP contribution in [-0.4, -0.2) is 17.3 Å². The van der Waals surface area contributed by atoms with Crippen molar-refractivity contribution < 1.29 is 14.9 Å². The van der Waals surface area contributed by atoms with Crippen LogP contribution in [0.15, 0.2) is 36.4 Å². The summed E-state index contributed by atoms with van der Waals surface area (Å²) in [5, 5.41) is 23.1. The smallest absolute Gasteiger partial charge is 0.121 e. The number of methoxy groups -OCH3 is 1. The molecule has 0 aliphatic heterocycles. The lowest BCUT2D eigenvalue weighted by molar-refractivity contribution is 0.415. The van der Waals surface area contributed by atoms with Gasteiger partial charge in [0, 0.05) is 11.6 Å². The Labute approximate surface area is 122 Å². The Kier molecular flexibility index (Phi) is 4.25. The van der Waals surface area contributed by atoms with Crippen molar-refractivity contribution in [2.24, 2.45) is 0 Å². The van der Waals surface area contributed by atoms with E-state index >= 15 is 0 Å². The number of nitrogens with one attached hydrogen (secondary N) is 1. The van der Waals surface area contributed by atoms with Crippen LogP contribution in [0, 0.1) is 0 Å². The van der Waals surface area contributed by atoms with Crippen LogP contribution in [0.1, 0.15) is 18.5 Å². The number of hydrogen-bond acceptors (Lipinski definition) is 4. The first-order valence-corrected chi connectivity index (χ1v) is 6.51. The van der Waals surface area contributed by atoms with Gasteiger partial charge in [-0.25, -0.2) is 0 Å². The van der Waals surface area contributed by atoms with Gasteiger partial charge in [0.2, 0.25) is 0 Å². The van der Waals surface area contributed by atoms with Crippen LogP contribution in [0.4, 0.5) is 5.69 Å². The lowest BCUT2D eigenvalue weighted by atomic mass is 10.1. The molecule has 0 fully saturated rings. The van der Waals surface area contributed by atoms with E-state index in [1.54, 1.807) is 25.3 Å². The van der Waals surface area contributed by atoms with Gasteiger partial charge in [0.05, 0.1) is 23.9 Å². The third-order valence-electron chi connectivity index (χ3n) is 3.02. The van der Waals surface area contributed by atoms with Crippen molar-refractivity contribution in [3.8, 4) is 17.2 Å². The molecular weight excluding hydrogens is 278 g/mol. The van der Waals surface area contributed by atoms with Crippen LogP contribution < -0.4 is 10.1 Å². The van der Waals surface area contributed by atoms with Crippen molar-refractivity contribution in [2.75, 3.05) is 12.4 Å². The highest BCUT2D eigenvalue weighted by molar-refractivity contribution is 6.33. The highest BCUT2D eigenvalue weighted by Gasteiger charge is 2.13. The van der Waals surface area contributed by atoms with Crippen molar-refractivity contribution in [1.29, 1.82) is 0 Å². The first kappa shape index (κ1) is 14.3. The summed E-state index contributed by atoms with van der Waals surface area (Å²) >= 11 is 6.13. The zero-order valence-corrected chi connectivity index (χ0v) is 12.0. The Morgan fingerprint density at radius 2 is 1.90 bits per heavy atom. The molecule has 106 valence electrons. The summed E-state index contributed by atoms with van der Waals surface area (Å²) in [5.41, 5.74) is 1.28. The van der Waals surface area contributed by atoms with E-state index in [0.29, 0.717) is 22.0 Å². The van der Waals surface area contributed by atoms with Gasteiger partial charge in [-0.15, -0.1) is 0 Å². The molecule has 0 aliphatic rings. The Hall–Kier alpha value is -2.07. The molecule has 0 bridgehead atoms.